The maximum Gasteiger partial charge on any atom is 0.325 e. The normalized spacial score (nSPS) is 12.0. The number of ether oxygens (including phenoxy) is 1. The van der Waals surface area contributed by atoms with Gasteiger partial charge in [-0.25, -0.2) is 4.98 Å². The zero-order valence-corrected chi connectivity index (χ0v) is 18.7. The molecule has 3 rings (SSSR count). The van der Waals surface area contributed by atoms with Crippen LogP contribution in [0.25, 0.3) is 10.9 Å². The molecular formula is C23H25N3O4S. The number of methoxy groups -OCH3 is 1. The van der Waals surface area contributed by atoms with Crippen molar-refractivity contribution in [1.29, 1.82) is 0 Å². The molecule has 31 heavy (non-hydrogen) atoms. The predicted octanol–water partition coefficient (Wildman–Crippen LogP) is 3.81. The molecule has 0 spiro atoms. The van der Waals surface area contributed by atoms with E-state index in [0.29, 0.717) is 10.9 Å². The van der Waals surface area contributed by atoms with Crippen molar-refractivity contribution in [2.45, 2.75) is 43.6 Å². The minimum Gasteiger partial charge on any atom is -0.468 e. The van der Waals surface area contributed by atoms with Crippen molar-refractivity contribution in [3.8, 4) is 0 Å². The third kappa shape index (κ3) is 5.14. The average molecular weight is 440 g/mol. The van der Waals surface area contributed by atoms with Crippen molar-refractivity contribution in [2.24, 2.45) is 0 Å². The van der Waals surface area contributed by atoms with Crippen LogP contribution in [0, 0.1) is 0 Å². The maximum atomic E-state index is 13.0. The van der Waals surface area contributed by atoms with Crippen molar-refractivity contribution in [1.82, 2.24) is 9.55 Å². The lowest BCUT2D eigenvalue weighted by Gasteiger charge is -2.18. The zero-order chi connectivity index (χ0) is 22.5. The van der Waals surface area contributed by atoms with Gasteiger partial charge in [-0.15, -0.1) is 0 Å². The number of nitrogens with one attached hydrogen (secondary N) is 1. The summed E-state index contributed by atoms with van der Waals surface area (Å²) in [6, 6.07) is 14.6. The number of amides is 1. The van der Waals surface area contributed by atoms with Crippen LogP contribution in [-0.2, 0) is 20.9 Å². The largest absolute Gasteiger partial charge is 0.468 e. The Balaban J connectivity index is 1.91. The van der Waals surface area contributed by atoms with E-state index in [9.17, 15) is 14.4 Å². The highest BCUT2D eigenvalue weighted by molar-refractivity contribution is 8.00. The molecule has 0 saturated heterocycles. The third-order valence-corrected chi connectivity index (χ3v) is 5.92. The topological polar surface area (TPSA) is 90.3 Å². The van der Waals surface area contributed by atoms with Crippen LogP contribution in [0.4, 0.5) is 5.69 Å². The first-order valence-corrected chi connectivity index (χ1v) is 10.8. The van der Waals surface area contributed by atoms with Crippen LogP contribution in [0.5, 0.6) is 0 Å². The van der Waals surface area contributed by atoms with E-state index >= 15 is 0 Å². The van der Waals surface area contributed by atoms with Gasteiger partial charge in [0.25, 0.3) is 5.56 Å². The Morgan fingerprint density at radius 2 is 1.77 bits per heavy atom. The Bertz CT molecular complexity index is 1170. The number of fused-ring (bicyclic) bond motifs is 1. The van der Waals surface area contributed by atoms with Gasteiger partial charge in [0.2, 0.25) is 5.91 Å². The van der Waals surface area contributed by atoms with Gasteiger partial charge < -0.3 is 10.1 Å². The van der Waals surface area contributed by atoms with Gasteiger partial charge in [0.15, 0.2) is 5.16 Å². The molecule has 0 saturated carbocycles. The van der Waals surface area contributed by atoms with E-state index in [4.69, 9.17) is 4.74 Å². The van der Waals surface area contributed by atoms with Gasteiger partial charge in [0.1, 0.15) is 6.54 Å². The quantitative estimate of drug-likeness (QED) is 0.342. The van der Waals surface area contributed by atoms with Gasteiger partial charge in [-0.05, 0) is 36.6 Å². The second kappa shape index (κ2) is 9.78. The Morgan fingerprint density at radius 1 is 1.10 bits per heavy atom. The van der Waals surface area contributed by atoms with E-state index in [2.05, 4.69) is 24.1 Å². The SMILES string of the molecule is COC(=O)Cn1c(S[C@@H](C)C(=O)Nc2ccccc2C(C)C)nc2ccccc2c1=O. The molecule has 1 heterocycles. The molecule has 1 atom stereocenters. The fourth-order valence-electron chi connectivity index (χ4n) is 3.13. The maximum absolute atomic E-state index is 13.0. The summed E-state index contributed by atoms with van der Waals surface area (Å²) in [7, 11) is 1.26. The lowest BCUT2D eigenvalue weighted by molar-refractivity contribution is -0.141. The standard InChI is InChI=1S/C23H25N3O4S/c1-14(2)16-9-5-7-11-18(16)24-21(28)15(3)31-23-25-19-12-8-6-10-17(19)22(29)26(23)13-20(27)30-4/h5-12,14-15H,13H2,1-4H3,(H,24,28)/t15-/m0/s1. The van der Waals surface area contributed by atoms with Crippen molar-refractivity contribution in [2.75, 3.05) is 12.4 Å². The van der Waals surface area contributed by atoms with Gasteiger partial charge in [-0.3, -0.25) is 19.0 Å². The molecule has 0 aliphatic carbocycles. The lowest BCUT2D eigenvalue weighted by atomic mass is 10.0. The molecular weight excluding hydrogens is 414 g/mol. The van der Waals surface area contributed by atoms with Gasteiger partial charge in [0.05, 0.1) is 23.3 Å². The fourth-order valence-corrected chi connectivity index (χ4v) is 4.04. The first-order valence-electron chi connectivity index (χ1n) is 9.94. The number of benzene rings is 2. The molecule has 7 nitrogen and oxygen atoms in total. The molecule has 0 aliphatic heterocycles. The summed E-state index contributed by atoms with van der Waals surface area (Å²) in [6.07, 6.45) is 0. The smallest absolute Gasteiger partial charge is 0.325 e. The molecule has 0 bridgehead atoms. The monoisotopic (exact) mass is 439 g/mol. The Morgan fingerprint density at radius 3 is 2.48 bits per heavy atom. The minimum atomic E-state index is -0.566. The number of hydrogen-bond donors (Lipinski definition) is 1. The Kier molecular flexibility index (Phi) is 7.12. The molecule has 8 heteroatoms. The summed E-state index contributed by atoms with van der Waals surface area (Å²) in [6.45, 7) is 5.59. The second-order valence-electron chi connectivity index (χ2n) is 7.37. The fraction of sp³-hybridized carbons (Fsp3) is 0.304. The van der Waals surface area contributed by atoms with Gasteiger partial charge >= 0.3 is 5.97 Å². The molecule has 0 fully saturated rings. The zero-order valence-electron chi connectivity index (χ0n) is 17.9. The number of hydrogen-bond acceptors (Lipinski definition) is 6. The van der Waals surface area contributed by atoms with E-state index < -0.39 is 11.2 Å². The van der Waals surface area contributed by atoms with Crippen LogP contribution >= 0.6 is 11.8 Å². The first kappa shape index (κ1) is 22.6. The van der Waals surface area contributed by atoms with Crippen LogP contribution in [0.15, 0.2) is 58.5 Å². The number of esters is 1. The van der Waals surface area contributed by atoms with Gasteiger partial charge in [-0.2, -0.15) is 0 Å². The van der Waals surface area contributed by atoms with E-state index in [1.54, 1.807) is 31.2 Å². The molecule has 0 aliphatic rings. The molecule has 0 radical (unpaired) electrons. The van der Waals surface area contributed by atoms with E-state index in [0.717, 1.165) is 23.0 Å². The number of nitrogens with zero attached hydrogens (tertiary/aromatic N) is 2. The summed E-state index contributed by atoms with van der Waals surface area (Å²) in [5.74, 6) is -0.527. The Labute approximate surface area is 184 Å². The highest BCUT2D eigenvalue weighted by Crippen LogP contribution is 2.27. The van der Waals surface area contributed by atoms with Crippen molar-refractivity contribution in [3.63, 3.8) is 0 Å². The van der Waals surface area contributed by atoms with Gasteiger partial charge in [0, 0.05) is 5.69 Å². The number of aromatic nitrogens is 2. The number of thioether (sulfide) groups is 1. The third-order valence-electron chi connectivity index (χ3n) is 4.83. The van der Waals surface area contributed by atoms with Crippen LogP contribution in [-0.4, -0.2) is 33.8 Å². The summed E-state index contributed by atoms with van der Waals surface area (Å²) in [5.41, 5.74) is 1.96. The highest BCUT2D eigenvalue weighted by Gasteiger charge is 2.21. The number of para-hydroxylation sites is 2. The summed E-state index contributed by atoms with van der Waals surface area (Å²) < 4.78 is 5.98. The van der Waals surface area contributed by atoms with Crippen LogP contribution in [0.1, 0.15) is 32.3 Å². The highest BCUT2D eigenvalue weighted by atomic mass is 32.2. The van der Waals surface area contributed by atoms with Crippen LogP contribution in [0.3, 0.4) is 0 Å². The summed E-state index contributed by atoms with van der Waals surface area (Å²) in [4.78, 5) is 42.3. The average Bonchev–Trinajstić information content (AvgIpc) is 2.76. The number of anilines is 1. The second-order valence-corrected chi connectivity index (χ2v) is 8.68. The van der Waals surface area contributed by atoms with Crippen molar-refractivity contribution in [3.05, 3.63) is 64.4 Å². The summed E-state index contributed by atoms with van der Waals surface area (Å²) in [5, 5.41) is 3.10. The van der Waals surface area contributed by atoms with Crippen molar-refractivity contribution >= 4 is 40.2 Å². The molecule has 2 aromatic carbocycles. The number of carbonyl (C=O) groups is 2. The Hall–Kier alpha value is -3.13. The lowest BCUT2D eigenvalue weighted by Crippen LogP contribution is -2.29. The van der Waals surface area contributed by atoms with Crippen LogP contribution in [0.2, 0.25) is 0 Å². The molecule has 3 aromatic rings. The van der Waals surface area contributed by atoms with E-state index in [-0.39, 0.29) is 29.1 Å². The van der Waals surface area contributed by atoms with Crippen molar-refractivity contribution < 1.29 is 14.3 Å². The number of carbonyl (C=O) groups excluding carboxylic acids is 2. The number of rotatable bonds is 7. The molecule has 1 amide bonds. The van der Waals surface area contributed by atoms with E-state index in [1.165, 1.54) is 11.7 Å². The molecule has 1 aromatic heterocycles. The van der Waals surface area contributed by atoms with Crippen LogP contribution < -0.4 is 10.9 Å². The molecule has 1 N–H and O–H groups in total. The van der Waals surface area contributed by atoms with Gasteiger partial charge in [-0.1, -0.05) is 55.9 Å². The van der Waals surface area contributed by atoms with E-state index in [1.807, 2.05) is 24.3 Å². The minimum absolute atomic E-state index is 0.217. The summed E-state index contributed by atoms with van der Waals surface area (Å²) >= 11 is 1.13. The first-order chi connectivity index (χ1) is 14.8. The molecule has 0 unspecified atom stereocenters. The predicted molar refractivity (Wildman–Crippen MR) is 122 cm³/mol. The molecule has 162 valence electrons.